The molecule has 1 atom stereocenters. The molecule has 0 aromatic heterocycles. The number of carbonyl (C=O) groups is 2. The van der Waals surface area contributed by atoms with Gasteiger partial charge in [0, 0.05) is 20.2 Å². The van der Waals surface area contributed by atoms with Crippen LogP contribution in [0.4, 0.5) is 4.79 Å². The highest BCUT2D eigenvalue weighted by Gasteiger charge is 2.19. The van der Waals surface area contributed by atoms with E-state index in [1.165, 1.54) is 7.11 Å². The first-order valence-electron chi connectivity index (χ1n) is 5.85. The van der Waals surface area contributed by atoms with Gasteiger partial charge in [-0.3, -0.25) is 0 Å². The lowest BCUT2D eigenvalue weighted by molar-refractivity contribution is -0.148. The number of carboxylic acids is 1. The van der Waals surface area contributed by atoms with Crippen molar-refractivity contribution in [2.75, 3.05) is 26.7 Å². The minimum atomic E-state index is -1.08. The molecule has 0 heterocycles. The van der Waals surface area contributed by atoms with Crippen molar-refractivity contribution in [2.45, 2.75) is 32.8 Å². The second-order valence-corrected chi connectivity index (χ2v) is 3.74. The van der Waals surface area contributed by atoms with Crippen LogP contribution in [0.2, 0.25) is 0 Å². The smallest absolute Gasteiger partial charge is 0.334 e. The van der Waals surface area contributed by atoms with Crippen molar-refractivity contribution < 1.29 is 19.4 Å². The lowest BCUT2D eigenvalue weighted by Gasteiger charge is -2.22. The Balaban J connectivity index is 4.16. The number of urea groups is 1. The number of methoxy groups -OCH3 is 1. The first-order valence-corrected chi connectivity index (χ1v) is 5.85. The molecule has 100 valence electrons. The van der Waals surface area contributed by atoms with Crippen molar-refractivity contribution in [3.05, 3.63) is 0 Å². The van der Waals surface area contributed by atoms with Gasteiger partial charge >= 0.3 is 12.0 Å². The molecule has 0 bridgehead atoms. The lowest BCUT2D eigenvalue weighted by Crippen LogP contribution is -2.45. The minimum absolute atomic E-state index is 0.0193. The lowest BCUT2D eigenvalue weighted by atomic mass is 10.3. The molecule has 0 saturated heterocycles. The monoisotopic (exact) mass is 246 g/mol. The number of amides is 2. The molecule has 17 heavy (non-hydrogen) atoms. The Morgan fingerprint density at radius 1 is 1.29 bits per heavy atom. The van der Waals surface area contributed by atoms with E-state index in [4.69, 9.17) is 9.84 Å². The third kappa shape index (κ3) is 6.11. The van der Waals surface area contributed by atoms with E-state index in [9.17, 15) is 9.59 Å². The van der Waals surface area contributed by atoms with Crippen LogP contribution in [0.15, 0.2) is 0 Å². The number of carboxylic acid groups (broad SMARTS) is 1. The van der Waals surface area contributed by atoms with Gasteiger partial charge in [-0.25, -0.2) is 9.59 Å². The summed E-state index contributed by atoms with van der Waals surface area (Å²) in [5.41, 5.74) is 0. The fourth-order valence-electron chi connectivity index (χ4n) is 1.42. The largest absolute Gasteiger partial charge is 0.479 e. The number of aliphatic carboxylic acids is 1. The number of ether oxygens (including phenoxy) is 1. The summed E-state index contributed by atoms with van der Waals surface area (Å²) in [5.74, 6) is -1.08. The van der Waals surface area contributed by atoms with Crippen LogP contribution in [-0.4, -0.2) is 54.9 Å². The number of nitrogens with zero attached hydrogens (tertiary/aromatic N) is 1. The van der Waals surface area contributed by atoms with Gasteiger partial charge < -0.3 is 20.1 Å². The first-order chi connectivity index (χ1) is 8.06. The van der Waals surface area contributed by atoms with Crippen molar-refractivity contribution in [1.82, 2.24) is 10.2 Å². The summed E-state index contributed by atoms with van der Waals surface area (Å²) in [7, 11) is 1.31. The number of hydrogen-bond donors (Lipinski definition) is 2. The Bertz CT molecular complexity index is 240. The topological polar surface area (TPSA) is 78.9 Å². The quantitative estimate of drug-likeness (QED) is 0.667. The number of hydrogen-bond acceptors (Lipinski definition) is 3. The van der Waals surface area contributed by atoms with E-state index in [2.05, 4.69) is 5.32 Å². The fourth-order valence-corrected chi connectivity index (χ4v) is 1.42. The van der Waals surface area contributed by atoms with Crippen LogP contribution in [0.5, 0.6) is 0 Å². The molecule has 0 aromatic carbocycles. The molecule has 2 amide bonds. The van der Waals surface area contributed by atoms with Crippen LogP contribution < -0.4 is 5.32 Å². The van der Waals surface area contributed by atoms with Gasteiger partial charge in [0.25, 0.3) is 0 Å². The fraction of sp³-hybridized carbons (Fsp3) is 0.818. The molecule has 0 aliphatic rings. The minimum Gasteiger partial charge on any atom is -0.479 e. The zero-order valence-corrected chi connectivity index (χ0v) is 10.7. The molecular weight excluding hydrogens is 224 g/mol. The normalized spacial score (nSPS) is 11.9. The highest BCUT2D eigenvalue weighted by Crippen LogP contribution is 1.96. The molecule has 0 radical (unpaired) electrons. The summed E-state index contributed by atoms with van der Waals surface area (Å²) in [6.07, 6.45) is 0.754. The van der Waals surface area contributed by atoms with Crippen molar-refractivity contribution in [1.29, 1.82) is 0 Å². The van der Waals surface area contributed by atoms with Crippen LogP contribution in [0.25, 0.3) is 0 Å². The van der Waals surface area contributed by atoms with E-state index in [1.807, 2.05) is 13.8 Å². The average Bonchev–Trinajstić information content (AvgIpc) is 2.28. The van der Waals surface area contributed by atoms with Gasteiger partial charge in [-0.05, 0) is 12.8 Å². The summed E-state index contributed by atoms with van der Waals surface area (Å²) in [5, 5.41) is 11.3. The van der Waals surface area contributed by atoms with E-state index in [-0.39, 0.29) is 12.6 Å². The van der Waals surface area contributed by atoms with Crippen molar-refractivity contribution >= 4 is 12.0 Å². The molecule has 0 aliphatic carbocycles. The summed E-state index contributed by atoms with van der Waals surface area (Å²) in [6.45, 7) is 5.31. The summed E-state index contributed by atoms with van der Waals surface area (Å²) in [4.78, 5) is 24.1. The average molecular weight is 246 g/mol. The summed E-state index contributed by atoms with van der Waals surface area (Å²) >= 11 is 0. The Morgan fingerprint density at radius 2 is 1.82 bits per heavy atom. The molecular formula is C11H22N2O4. The summed E-state index contributed by atoms with van der Waals surface area (Å²) < 4.78 is 4.73. The molecule has 0 rings (SSSR count). The third-order valence-corrected chi connectivity index (χ3v) is 2.27. The molecule has 0 fully saturated rings. The Hall–Kier alpha value is -1.30. The molecule has 6 heteroatoms. The number of rotatable bonds is 8. The molecule has 1 unspecified atom stereocenters. The number of carbonyl (C=O) groups excluding carboxylic acids is 1. The van der Waals surface area contributed by atoms with E-state index in [0.717, 1.165) is 12.8 Å². The molecule has 0 saturated carbocycles. The Morgan fingerprint density at radius 3 is 2.18 bits per heavy atom. The number of nitrogens with one attached hydrogen (secondary N) is 1. The van der Waals surface area contributed by atoms with Crippen LogP contribution >= 0.6 is 0 Å². The maximum absolute atomic E-state index is 11.7. The second kappa shape index (κ2) is 8.81. The van der Waals surface area contributed by atoms with Gasteiger partial charge in [0.05, 0.1) is 6.54 Å². The van der Waals surface area contributed by atoms with Crippen LogP contribution in [-0.2, 0) is 9.53 Å². The van der Waals surface area contributed by atoms with E-state index in [0.29, 0.717) is 13.1 Å². The van der Waals surface area contributed by atoms with Crippen molar-refractivity contribution in [3.8, 4) is 0 Å². The maximum atomic E-state index is 11.7. The van der Waals surface area contributed by atoms with Crippen molar-refractivity contribution in [3.63, 3.8) is 0 Å². The van der Waals surface area contributed by atoms with E-state index in [1.54, 1.807) is 4.90 Å². The molecule has 0 aliphatic heterocycles. The molecule has 0 spiro atoms. The van der Waals surface area contributed by atoms with Gasteiger partial charge in [-0.2, -0.15) is 0 Å². The van der Waals surface area contributed by atoms with Crippen LogP contribution in [0, 0.1) is 0 Å². The highest BCUT2D eigenvalue weighted by atomic mass is 16.5. The Labute approximate surface area is 102 Å². The SMILES string of the molecule is CCCN(CCC)C(=O)NCC(OC)C(=O)O. The molecule has 0 aromatic rings. The third-order valence-electron chi connectivity index (χ3n) is 2.27. The molecule has 6 nitrogen and oxygen atoms in total. The van der Waals surface area contributed by atoms with Gasteiger partial charge in [-0.1, -0.05) is 13.8 Å². The van der Waals surface area contributed by atoms with Crippen LogP contribution in [0.3, 0.4) is 0 Å². The predicted molar refractivity (Wildman–Crippen MR) is 64.0 cm³/mol. The Kier molecular flexibility index (Phi) is 8.13. The maximum Gasteiger partial charge on any atom is 0.334 e. The zero-order chi connectivity index (χ0) is 13.3. The zero-order valence-electron chi connectivity index (χ0n) is 10.7. The highest BCUT2D eigenvalue weighted by molar-refractivity contribution is 5.76. The van der Waals surface area contributed by atoms with E-state index >= 15 is 0 Å². The molecule has 2 N–H and O–H groups in total. The summed E-state index contributed by atoms with van der Waals surface area (Å²) in [6, 6.07) is -0.239. The second-order valence-electron chi connectivity index (χ2n) is 3.74. The van der Waals surface area contributed by atoms with Gasteiger partial charge in [0.1, 0.15) is 0 Å². The van der Waals surface area contributed by atoms with Gasteiger partial charge in [-0.15, -0.1) is 0 Å². The van der Waals surface area contributed by atoms with E-state index < -0.39 is 12.1 Å². The predicted octanol–water partition coefficient (Wildman–Crippen LogP) is 0.918. The van der Waals surface area contributed by atoms with Crippen LogP contribution in [0.1, 0.15) is 26.7 Å². The first kappa shape index (κ1) is 15.7. The standard InChI is InChI=1S/C11H22N2O4/c1-4-6-13(7-5-2)11(16)12-8-9(17-3)10(14)15/h9H,4-8H2,1-3H3,(H,12,16)(H,14,15). The van der Waals surface area contributed by atoms with Gasteiger partial charge in [0.2, 0.25) is 0 Å². The van der Waals surface area contributed by atoms with Crippen molar-refractivity contribution in [2.24, 2.45) is 0 Å². The van der Waals surface area contributed by atoms with Gasteiger partial charge in [0.15, 0.2) is 6.10 Å².